The minimum Gasteiger partial charge on any atom is -0.367 e. The number of piperazine rings is 1. The average molecular weight is 290 g/mol. The second kappa shape index (κ2) is 4.99. The zero-order valence-corrected chi connectivity index (χ0v) is 11.9. The molecule has 1 saturated carbocycles. The maximum Gasteiger partial charge on any atom is 0.243 e. The van der Waals surface area contributed by atoms with E-state index in [-0.39, 0.29) is 5.91 Å². The van der Waals surface area contributed by atoms with Gasteiger partial charge >= 0.3 is 0 Å². The summed E-state index contributed by atoms with van der Waals surface area (Å²) in [7, 11) is 0. The topological polar surface area (TPSA) is 47.3 Å². The van der Waals surface area contributed by atoms with Crippen LogP contribution in [-0.4, -0.2) is 37.0 Å². The van der Waals surface area contributed by atoms with Crippen LogP contribution in [0.5, 0.6) is 0 Å². The van der Waals surface area contributed by atoms with E-state index < -0.39 is 5.41 Å². The molecule has 1 heterocycles. The van der Waals surface area contributed by atoms with Crippen LogP contribution in [0.3, 0.4) is 0 Å². The van der Waals surface area contributed by atoms with E-state index in [1.54, 1.807) is 0 Å². The first-order valence-electron chi connectivity index (χ1n) is 6.86. The molecule has 5 heteroatoms. The number of anilines is 1. The Morgan fingerprint density at radius 2 is 1.85 bits per heavy atom. The number of carbonyl (C=O) groups excluding carboxylic acids is 1. The molecule has 4 nitrogen and oxygen atoms in total. The minimum atomic E-state index is -0.702. The molecule has 2 aliphatic rings. The van der Waals surface area contributed by atoms with Crippen LogP contribution < -0.4 is 4.90 Å². The van der Waals surface area contributed by atoms with Gasteiger partial charge in [0.15, 0.2) is 0 Å². The summed E-state index contributed by atoms with van der Waals surface area (Å²) in [5.41, 5.74) is 0.315. The molecular formula is C15H16ClN3O. The van der Waals surface area contributed by atoms with E-state index in [2.05, 4.69) is 11.0 Å². The van der Waals surface area contributed by atoms with Crippen molar-refractivity contribution < 1.29 is 4.79 Å². The Labute approximate surface area is 123 Å². The maximum atomic E-state index is 12.3. The second-order valence-corrected chi connectivity index (χ2v) is 5.83. The fraction of sp³-hybridized carbons (Fsp3) is 0.467. The van der Waals surface area contributed by atoms with Gasteiger partial charge in [0, 0.05) is 26.2 Å². The zero-order chi connectivity index (χ0) is 14.2. The van der Waals surface area contributed by atoms with Crippen molar-refractivity contribution in [2.45, 2.75) is 12.8 Å². The fourth-order valence-electron chi connectivity index (χ4n) is 2.66. The first-order chi connectivity index (χ1) is 9.66. The van der Waals surface area contributed by atoms with E-state index >= 15 is 0 Å². The summed E-state index contributed by atoms with van der Waals surface area (Å²) in [5, 5.41) is 9.84. The van der Waals surface area contributed by atoms with Gasteiger partial charge in [0.2, 0.25) is 5.91 Å². The normalized spacial score (nSPS) is 20.4. The van der Waals surface area contributed by atoms with Crippen LogP contribution in [0.15, 0.2) is 24.3 Å². The van der Waals surface area contributed by atoms with Crippen molar-refractivity contribution in [3.63, 3.8) is 0 Å². The van der Waals surface area contributed by atoms with Crippen LogP contribution in [0.4, 0.5) is 5.69 Å². The molecule has 104 valence electrons. The lowest BCUT2D eigenvalue weighted by molar-refractivity contribution is -0.135. The summed E-state index contributed by atoms with van der Waals surface area (Å²) in [5.74, 6) is 0.0128. The molecule has 1 aliphatic heterocycles. The molecule has 0 N–H and O–H groups in total. The highest BCUT2D eigenvalue weighted by molar-refractivity contribution is 6.33. The number of benzene rings is 1. The Kier molecular flexibility index (Phi) is 3.31. The molecule has 0 aromatic heterocycles. The molecule has 1 amide bonds. The molecule has 0 radical (unpaired) electrons. The van der Waals surface area contributed by atoms with Crippen LogP contribution in [0.2, 0.25) is 5.02 Å². The van der Waals surface area contributed by atoms with Crippen molar-refractivity contribution in [2.24, 2.45) is 5.41 Å². The van der Waals surface area contributed by atoms with Gasteiger partial charge in [-0.15, -0.1) is 0 Å². The number of nitriles is 1. The first-order valence-corrected chi connectivity index (χ1v) is 7.24. The number of nitrogens with zero attached hydrogens (tertiary/aromatic N) is 3. The van der Waals surface area contributed by atoms with Gasteiger partial charge in [0.05, 0.1) is 16.8 Å². The molecule has 3 rings (SSSR count). The summed E-state index contributed by atoms with van der Waals surface area (Å²) in [6.45, 7) is 2.84. The predicted molar refractivity (Wildman–Crippen MR) is 77.5 cm³/mol. The molecule has 20 heavy (non-hydrogen) atoms. The summed E-state index contributed by atoms with van der Waals surface area (Å²) in [6.07, 6.45) is 1.43. The highest BCUT2D eigenvalue weighted by Crippen LogP contribution is 2.46. The Hall–Kier alpha value is -1.73. The van der Waals surface area contributed by atoms with Gasteiger partial charge in [-0.05, 0) is 25.0 Å². The van der Waals surface area contributed by atoms with Crippen molar-refractivity contribution >= 4 is 23.2 Å². The molecule has 1 aromatic rings. The van der Waals surface area contributed by atoms with Gasteiger partial charge in [-0.3, -0.25) is 4.79 Å². The van der Waals surface area contributed by atoms with E-state index in [4.69, 9.17) is 16.9 Å². The average Bonchev–Trinajstić information content (AvgIpc) is 3.28. The third-order valence-electron chi connectivity index (χ3n) is 4.13. The highest BCUT2D eigenvalue weighted by Gasteiger charge is 2.52. The molecule has 1 aliphatic carbocycles. The van der Waals surface area contributed by atoms with Gasteiger partial charge < -0.3 is 9.80 Å². The summed E-state index contributed by atoms with van der Waals surface area (Å²) >= 11 is 6.20. The molecule has 1 saturated heterocycles. The van der Waals surface area contributed by atoms with Crippen LogP contribution in [0, 0.1) is 16.7 Å². The van der Waals surface area contributed by atoms with Gasteiger partial charge in [0.1, 0.15) is 5.41 Å². The Bertz CT molecular complexity index is 569. The zero-order valence-electron chi connectivity index (χ0n) is 11.2. The van der Waals surface area contributed by atoms with E-state index in [0.717, 1.165) is 23.8 Å². The van der Waals surface area contributed by atoms with E-state index in [1.807, 2.05) is 29.2 Å². The molecule has 0 unspecified atom stereocenters. The lowest BCUT2D eigenvalue weighted by Gasteiger charge is -2.37. The number of amides is 1. The summed E-state index contributed by atoms with van der Waals surface area (Å²) in [4.78, 5) is 16.3. The van der Waals surface area contributed by atoms with Gasteiger partial charge in [0.25, 0.3) is 0 Å². The summed E-state index contributed by atoms with van der Waals surface area (Å²) < 4.78 is 0. The fourth-order valence-corrected chi connectivity index (χ4v) is 2.92. The summed E-state index contributed by atoms with van der Waals surface area (Å²) in [6, 6.07) is 9.93. The molecule has 2 fully saturated rings. The van der Waals surface area contributed by atoms with Gasteiger partial charge in [-0.2, -0.15) is 5.26 Å². The minimum absolute atomic E-state index is 0.0128. The standard InChI is InChI=1S/C15H16ClN3O/c16-12-3-1-2-4-13(12)18-7-9-19(10-8-18)14(20)15(11-17)5-6-15/h1-4H,5-10H2. The van der Waals surface area contributed by atoms with Crippen molar-refractivity contribution in [3.8, 4) is 6.07 Å². The van der Waals surface area contributed by atoms with E-state index in [9.17, 15) is 4.79 Å². The number of carbonyl (C=O) groups is 1. The lowest BCUT2D eigenvalue weighted by Crippen LogP contribution is -2.50. The van der Waals surface area contributed by atoms with Gasteiger partial charge in [-0.25, -0.2) is 0 Å². The van der Waals surface area contributed by atoms with Crippen LogP contribution in [0.1, 0.15) is 12.8 Å². The number of hydrogen-bond donors (Lipinski definition) is 0. The van der Waals surface area contributed by atoms with E-state index in [1.165, 1.54) is 0 Å². The van der Waals surface area contributed by atoms with Crippen molar-refractivity contribution in [2.75, 3.05) is 31.1 Å². The predicted octanol–water partition coefficient (Wildman–Crippen LogP) is 2.29. The largest absolute Gasteiger partial charge is 0.367 e. The quantitative estimate of drug-likeness (QED) is 0.839. The SMILES string of the molecule is N#CC1(C(=O)N2CCN(c3ccccc3Cl)CC2)CC1. The number of hydrogen-bond acceptors (Lipinski definition) is 3. The Morgan fingerprint density at radius 3 is 2.40 bits per heavy atom. The van der Waals surface area contributed by atoms with E-state index in [0.29, 0.717) is 25.9 Å². The van der Waals surface area contributed by atoms with Crippen LogP contribution >= 0.6 is 11.6 Å². The molecule has 1 aromatic carbocycles. The van der Waals surface area contributed by atoms with Gasteiger partial charge in [-0.1, -0.05) is 23.7 Å². The molecular weight excluding hydrogens is 274 g/mol. The number of para-hydroxylation sites is 1. The lowest BCUT2D eigenvalue weighted by atomic mass is 10.1. The monoisotopic (exact) mass is 289 g/mol. The van der Waals surface area contributed by atoms with Crippen molar-refractivity contribution in [1.82, 2.24) is 4.90 Å². The highest BCUT2D eigenvalue weighted by atomic mass is 35.5. The second-order valence-electron chi connectivity index (χ2n) is 5.42. The Balaban J connectivity index is 1.65. The number of halogens is 1. The van der Waals surface area contributed by atoms with Crippen LogP contribution in [0.25, 0.3) is 0 Å². The van der Waals surface area contributed by atoms with Crippen molar-refractivity contribution in [1.29, 1.82) is 5.26 Å². The van der Waals surface area contributed by atoms with Crippen LogP contribution in [-0.2, 0) is 4.79 Å². The van der Waals surface area contributed by atoms with Crippen molar-refractivity contribution in [3.05, 3.63) is 29.3 Å². The third-order valence-corrected chi connectivity index (χ3v) is 4.45. The Morgan fingerprint density at radius 1 is 1.20 bits per heavy atom. The number of rotatable bonds is 2. The third kappa shape index (κ3) is 2.23. The smallest absolute Gasteiger partial charge is 0.243 e. The molecule has 0 bridgehead atoms. The molecule has 0 spiro atoms. The maximum absolute atomic E-state index is 12.3. The molecule has 0 atom stereocenters. The first kappa shape index (κ1) is 13.3.